The molecule has 0 fully saturated rings. The Hall–Kier alpha value is -3.15. The van der Waals surface area contributed by atoms with Crippen LogP contribution in [0.25, 0.3) is 11.0 Å². The van der Waals surface area contributed by atoms with Crippen LogP contribution in [0.5, 0.6) is 0 Å². The van der Waals surface area contributed by atoms with Gasteiger partial charge < -0.3 is 13.7 Å². The van der Waals surface area contributed by atoms with E-state index in [0.29, 0.717) is 16.5 Å². The van der Waals surface area contributed by atoms with Gasteiger partial charge >= 0.3 is 5.97 Å². The maximum absolute atomic E-state index is 12.4. The highest BCUT2D eigenvalue weighted by atomic mass is 16.5. The predicted molar refractivity (Wildman–Crippen MR) is 96.7 cm³/mol. The Labute approximate surface area is 150 Å². The van der Waals surface area contributed by atoms with E-state index in [9.17, 15) is 14.4 Å². The van der Waals surface area contributed by atoms with Gasteiger partial charge in [-0.05, 0) is 39.0 Å². The van der Waals surface area contributed by atoms with Gasteiger partial charge in [-0.1, -0.05) is 12.1 Å². The zero-order valence-corrected chi connectivity index (χ0v) is 14.9. The monoisotopic (exact) mass is 353 g/mol. The average Bonchev–Trinajstić information content (AvgIpc) is 2.93. The second kappa shape index (κ2) is 7.00. The number of aryl methyl sites for hydroxylation is 1. The van der Waals surface area contributed by atoms with Crippen LogP contribution in [-0.4, -0.2) is 22.9 Å². The van der Waals surface area contributed by atoms with E-state index in [2.05, 4.69) is 0 Å². The molecule has 2 heterocycles. The summed E-state index contributed by atoms with van der Waals surface area (Å²) in [5, 5.41) is 0.382. The van der Waals surface area contributed by atoms with Crippen LogP contribution in [0.3, 0.4) is 0 Å². The van der Waals surface area contributed by atoms with Crippen molar-refractivity contribution in [3.05, 3.63) is 69.3 Å². The third kappa shape index (κ3) is 3.18. The van der Waals surface area contributed by atoms with Crippen LogP contribution in [-0.2, 0) is 11.3 Å². The number of carbonyl (C=O) groups excluding carboxylic acids is 2. The van der Waals surface area contributed by atoms with Gasteiger partial charge in [-0.2, -0.15) is 0 Å². The number of rotatable bonds is 5. The molecule has 0 saturated carbocycles. The molecule has 0 atom stereocenters. The SMILES string of the molecule is CCn1c(C)cc(C(=O)COC(=O)c2cc(=O)c3ccccc3o2)c1C. The third-order valence-corrected chi connectivity index (χ3v) is 4.36. The van der Waals surface area contributed by atoms with E-state index in [4.69, 9.17) is 9.15 Å². The molecule has 134 valence electrons. The van der Waals surface area contributed by atoms with E-state index >= 15 is 0 Å². The Kier molecular flexibility index (Phi) is 4.75. The fourth-order valence-corrected chi connectivity index (χ4v) is 3.05. The van der Waals surface area contributed by atoms with Crippen LogP contribution >= 0.6 is 0 Å². The molecule has 0 amide bonds. The highest BCUT2D eigenvalue weighted by Gasteiger charge is 2.19. The van der Waals surface area contributed by atoms with Crippen LogP contribution in [0.15, 0.2) is 45.6 Å². The van der Waals surface area contributed by atoms with Crippen molar-refractivity contribution in [2.24, 2.45) is 0 Å². The summed E-state index contributed by atoms with van der Waals surface area (Å²) in [5.41, 5.74) is 2.29. The molecule has 1 aromatic carbocycles. The molecule has 26 heavy (non-hydrogen) atoms. The summed E-state index contributed by atoms with van der Waals surface area (Å²) in [6.45, 7) is 6.11. The molecule has 0 N–H and O–H groups in total. The van der Waals surface area contributed by atoms with Crippen molar-refractivity contribution in [3.63, 3.8) is 0 Å². The summed E-state index contributed by atoms with van der Waals surface area (Å²) in [5.74, 6) is -1.36. The molecule has 2 aromatic heterocycles. The molecular weight excluding hydrogens is 334 g/mol. The molecule has 6 nitrogen and oxygen atoms in total. The number of hydrogen-bond donors (Lipinski definition) is 0. The van der Waals surface area contributed by atoms with E-state index in [0.717, 1.165) is 24.0 Å². The molecular formula is C20H19NO5. The lowest BCUT2D eigenvalue weighted by molar-refractivity contribution is 0.0444. The summed E-state index contributed by atoms with van der Waals surface area (Å²) in [4.78, 5) is 36.6. The summed E-state index contributed by atoms with van der Waals surface area (Å²) in [6.07, 6.45) is 0. The number of ketones is 1. The van der Waals surface area contributed by atoms with E-state index in [1.54, 1.807) is 30.3 Å². The Morgan fingerprint density at radius 2 is 1.88 bits per heavy atom. The molecule has 0 aliphatic heterocycles. The van der Waals surface area contributed by atoms with Crippen molar-refractivity contribution in [3.8, 4) is 0 Å². The number of benzene rings is 1. The van der Waals surface area contributed by atoms with Gasteiger partial charge in [0.15, 0.2) is 12.0 Å². The van der Waals surface area contributed by atoms with Crippen molar-refractivity contribution < 1.29 is 18.7 Å². The summed E-state index contributed by atoms with van der Waals surface area (Å²) in [6, 6.07) is 9.49. The number of carbonyl (C=O) groups is 2. The lowest BCUT2D eigenvalue weighted by atomic mass is 10.1. The number of nitrogens with zero attached hydrogens (tertiary/aromatic N) is 1. The van der Waals surface area contributed by atoms with Gasteiger partial charge in [0, 0.05) is 29.6 Å². The third-order valence-electron chi connectivity index (χ3n) is 4.36. The zero-order chi connectivity index (χ0) is 18.8. The number of esters is 1. The molecule has 0 unspecified atom stereocenters. The number of hydrogen-bond acceptors (Lipinski definition) is 5. The van der Waals surface area contributed by atoms with E-state index < -0.39 is 12.6 Å². The Morgan fingerprint density at radius 3 is 2.58 bits per heavy atom. The maximum atomic E-state index is 12.4. The molecule has 0 bridgehead atoms. The van der Waals surface area contributed by atoms with Gasteiger partial charge in [0.2, 0.25) is 11.5 Å². The minimum atomic E-state index is -0.842. The summed E-state index contributed by atoms with van der Waals surface area (Å²) >= 11 is 0. The number of Topliss-reactive ketones (excluding diaryl/α,β-unsaturated/α-hetero) is 1. The molecule has 0 spiro atoms. The minimum Gasteiger partial charge on any atom is -0.451 e. The van der Waals surface area contributed by atoms with Crippen LogP contribution in [0, 0.1) is 13.8 Å². The van der Waals surface area contributed by atoms with Crippen LogP contribution in [0.4, 0.5) is 0 Å². The Morgan fingerprint density at radius 1 is 1.15 bits per heavy atom. The second-order valence-corrected chi connectivity index (χ2v) is 6.00. The lowest BCUT2D eigenvalue weighted by Crippen LogP contribution is -2.16. The molecule has 0 aliphatic rings. The van der Waals surface area contributed by atoms with Gasteiger partial charge in [0.05, 0.1) is 5.39 Å². The molecule has 3 rings (SSSR count). The van der Waals surface area contributed by atoms with Gasteiger partial charge in [-0.3, -0.25) is 9.59 Å². The first-order chi connectivity index (χ1) is 12.4. The maximum Gasteiger partial charge on any atom is 0.374 e. The Balaban J connectivity index is 1.77. The molecule has 6 heteroatoms. The largest absolute Gasteiger partial charge is 0.451 e. The lowest BCUT2D eigenvalue weighted by Gasteiger charge is -2.06. The van der Waals surface area contributed by atoms with Gasteiger partial charge in [-0.25, -0.2) is 4.79 Å². The highest BCUT2D eigenvalue weighted by Crippen LogP contribution is 2.16. The second-order valence-electron chi connectivity index (χ2n) is 6.00. The van der Waals surface area contributed by atoms with Crippen molar-refractivity contribution in [1.82, 2.24) is 4.57 Å². The smallest absolute Gasteiger partial charge is 0.374 e. The molecule has 0 aliphatic carbocycles. The quantitative estimate of drug-likeness (QED) is 0.520. The minimum absolute atomic E-state index is 0.222. The van der Waals surface area contributed by atoms with Crippen LogP contribution < -0.4 is 5.43 Å². The van der Waals surface area contributed by atoms with E-state index in [-0.39, 0.29) is 17.0 Å². The van der Waals surface area contributed by atoms with Crippen molar-refractivity contribution in [2.75, 3.05) is 6.61 Å². The Bertz CT molecular complexity index is 1060. The summed E-state index contributed by atoms with van der Waals surface area (Å²) in [7, 11) is 0. The first-order valence-corrected chi connectivity index (χ1v) is 8.32. The molecule has 0 radical (unpaired) electrons. The standard InChI is InChI=1S/C20H19NO5/c1-4-21-12(2)9-15(13(21)3)17(23)11-25-20(24)19-10-16(22)14-7-5-6-8-18(14)26-19/h5-10H,4,11H2,1-3H3. The number of fused-ring (bicyclic) bond motifs is 1. The van der Waals surface area contributed by atoms with Gasteiger partial charge in [0.1, 0.15) is 5.58 Å². The average molecular weight is 353 g/mol. The van der Waals surface area contributed by atoms with Gasteiger partial charge in [0.25, 0.3) is 0 Å². The number of aromatic nitrogens is 1. The first kappa shape index (κ1) is 17.7. The topological polar surface area (TPSA) is 78.5 Å². The fraction of sp³-hybridized carbons (Fsp3) is 0.250. The molecule has 3 aromatic rings. The first-order valence-electron chi connectivity index (χ1n) is 8.32. The van der Waals surface area contributed by atoms with Crippen molar-refractivity contribution in [1.29, 1.82) is 0 Å². The van der Waals surface area contributed by atoms with Crippen molar-refractivity contribution in [2.45, 2.75) is 27.3 Å². The number of para-hydroxylation sites is 1. The van der Waals surface area contributed by atoms with E-state index in [1.807, 2.05) is 25.3 Å². The van der Waals surface area contributed by atoms with Crippen LogP contribution in [0.1, 0.15) is 39.2 Å². The zero-order valence-electron chi connectivity index (χ0n) is 14.9. The highest BCUT2D eigenvalue weighted by molar-refractivity contribution is 6.00. The molecule has 0 saturated heterocycles. The van der Waals surface area contributed by atoms with Crippen LogP contribution in [0.2, 0.25) is 0 Å². The summed E-state index contributed by atoms with van der Waals surface area (Å²) < 4.78 is 12.5. The fourth-order valence-electron chi connectivity index (χ4n) is 3.05. The van der Waals surface area contributed by atoms with Crippen molar-refractivity contribution >= 4 is 22.7 Å². The predicted octanol–water partition coefficient (Wildman–Crippen LogP) is 3.27. The van der Waals surface area contributed by atoms with E-state index in [1.165, 1.54) is 0 Å². The normalized spacial score (nSPS) is 10.9. The van der Waals surface area contributed by atoms with Gasteiger partial charge in [-0.15, -0.1) is 0 Å². The number of ether oxygens (including phenoxy) is 1.